The van der Waals surface area contributed by atoms with Gasteiger partial charge in [0.15, 0.2) is 0 Å². The van der Waals surface area contributed by atoms with Gasteiger partial charge in [0.1, 0.15) is 11.4 Å². The van der Waals surface area contributed by atoms with Gasteiger partial charge in [-0.25, -0.2) is 0 Å². The molecule has 0 aromatic heterocycles. The fourth-order valence-electron chi connectivity index (χ4n) is 3.51. The SMILES string of the molecule is CC(C)CC1(CC(C)C)CC(N)c2cc(Cl)ccc2O1. The highest BCUT2D eigenvalue weighted by molar-refractivity contribution is 6.30. The minimum Gasteiger partial charge on any atom is -0.487 e. The number of fused-ring (bicyclic) bond motifs is 1. The zero-order valence-corrected chi connectivity index (χ0v) is 13.7. The van der Waals surface area contributed by atoms with Crippen LogP contribution in [0.5, 0.6) is 5.75 Å². The van der Waals surface area contributed by atoms with Crippen LogP contribution in [0.1, 0.15) is 58.6 Å². The molecule has 2 N–H and O–H groups in total. The van der Waals surface area contributed by atoms with Gasteiger partial charge in [-0.2, -0.15) is 0 Å². The summed E-state index contributed by atoms with van der Waals surface area (Å²) in [6.07, 6.45) is 2.96. The monoisotopic (exact) mass is 295 g/mol. The van der Waals surface area contributed by atoms with Crippen molar-refractivity contribution in [2.45, 2.75) is 58.6 Å². The Morgan fingerprint density at radius 1 is 1.25 bits per heavy atom. The summed E-state index contributed by atoms with van der Waals surface area (Å²) in [5.74, 6) is 2.10. The number of benzene rings is 1. The first-order chi connectivity index (χ1) is 9.31. The van der Waals surface area contributed by atoms with E-state index in [9.17, 15) is 0 Å². The smallest absolute Gasteiger partial charge is 0.125 e. The summed E-state index contributed by atoms with van der Waals surface area (Å²) >= 11 is 6.07. The highest BCUT2D eigenvalue weighted by Crippen LogP contribution is 2.44. The van der Waals surface area contributed by atoms with Crippen LogP contribution in [-0.4, -0.2) is 5.60 Å². The molecule has 2 rings (SSSR count). The van der Waals surface area contributed by atoms with Gasteiger partial charge >= 0.3 is 0 Å². The van der Waals surface area contributed by atoms with Gasteiger partial charge in [-0.1, -0.05) is 39.3 Å². The average Bonchev–Trinajstić information content (AvgIpc) is 2.28. The first-order valence-corrected chi connectivity index (χ1v) is 7.93. The van der Waals surface area contributed by atoms with Gasteiger partial charge in [-0.15, -0.1) is 0 Å². The van der Waals surface area contributed by atoms with Crippen LogP contribution in [0.3, 0.4) is 0 Å². The normalized spacial score (nSPS) is 20.9. The predicted octanol–water partition coefficient (Wildman–Crippen LogP) is 4.95. The number of nitrogens with two attached hydrogens (primary N) is 1. The maximum absolute atomic E-state index is 6.43. The maximum Gasteiger partial charge on any atom is 0.125 e. The molecular weight excluding hydrogens is 270 g/mol. The van der Waals surface area contributed by atoms with Crippen molar-refractivity contribution in [1.82, 2.24) is 0 Å². The summed E-state index contributed by atoms with van der Waals surface area (Å²) in [7, 11) is 0. The minimum atomic E-state index is -0.136. The van der Waals surface area contributed by atoms with Crippen molar-refractivity contribution in [2.24, 2.45) is 17.6 Å². The first kappa shape index (κ1) is 15.7. The molecule has 1 unspecified atom stereocenters. The molecule has 0 radical (unpaired) electrons. The lowest BCUT2D eigenvalue weighted by Crippen LogP contribution is -2.45. The molecule has 1 heterocycles. The molecule has 112 valence electrons. The summed E-state index contributed by atoms with van der Waals surface area (Å²) in [5, 5.41) is 0.725. The Labute approximate surface area is 127 Å². The molecule has 1 aliphatic rings. The molecule has 3 heteroatoms. The predicted molar refractivity (Wildman–Crippen MR) is 85.3 cm³/mol. The lowest BCUT2D eigenvalue weighted by molar-refractivity contribution is -0.00160. The molecule has 0 saturated heterocycles. The maximum atomic E-state index is 6.43. The van der Waals surface area contributed by atoms with E-state index in [1.165, 1.54) is 0 Å². The fourth-order valence-corrected chi connectivity index (χ4v) is 3.69. The lowest BCUT2D eigenvalue weighted by Gasteiger charge is -2.43. The Morgan fingerprint density at radius 3 is 2.40 bits per heavy atom. The van der Waals surface area contributed by atoms with E-state index >= 15 is 0 Å². The Kier molecular flexibility index (Phi) is 4.66. The Hall–Kier alpha value is -0.730. The van der Waals surface area contributed by atoms with E-state index in [2.05, 4.69) is 27.7 Å². The molecular formula is C17H26ClNO. The molecule has 0 saturated carbocycles. The van der Waals surface area contributed by atoms with Crippen molar-refractivity contribution in [2.75, 3.05) is 0 Å². The Bertz CT molecular complexity index is 460. The second-order valence-electron chi connectivity index (χ2n) is 6.97. The third-order valence-electron chi connectivity index (χ3n) is 3.85. The number of rotatable bonds is 4. The number of ether oxygens (including phenoxy) is 1. The second-order valence-corrected chi connectivity index (χ2v) is 7.41. The number of hydrogen-bond donors (Lipinski definition) is 1. The van der Waals surface area contributed by atoms with Gasteiger partial charge in [0, 0.05) is 23.0 Å². The van der Waals surface area contributed by atoms with Crippen LogP contribution >= 0.6 is 11.6 Å². The standard InChI is InChI=1S/C17H26ClNO/c1-11(2)8-17(9-12(3)4)10-15(19)14-7-13(18)5-6-16(14)20-17/h5-7,11-12,15H,8-10,19H2,1-4H3. The van der Waals surface area contributed by atoms with Gasteiger partial charge < -0.3 is 10.5 Å². The van der Waals surface area contributed by atoms with Crippen LogP contribution < -0.4 is 10.5 Å². The number of halogens is 1. The van der Waals surface area contributed by atoms with Crippen LogP contribution in [0, 0.1) is 11.8 Å². The molecule has 0 bridgehead atoms. The van der Waals surface area contributed by atoms with E-state index in [4.69, 9.17) is 22.1 Å². The molecule has 1 atom stereocenters. The first-order valence-electron chi connectivity index (χ1n) is 7.55. The molecule has 0 aliphatic carbocycles. The van der Waals surface area contributed by atoms with E-state index in [0.717, 1.165) is 35.6 Å². The van der Waals surface area contributed by atoms with E-state index in [0.29, 0.717) is 11.8 Å². The second kappa shape index (κ2) is 5.95. The molecule has 0 amide bonds. The average molecular weight is 296 g/mol. The zero-order chi connectivity index (χ0) is 14.9. The van der Waals surface area contributed by atoms with Gasteiger partial charge in [-0.05, 0) is 42.9 Å². The van der Waals surface area contributed by atoms with Crippen molar-refractivity contribution in [3.63, 3.8) is 0 Å². The van der Waals surface area contributed by atoms with Crippen LogP contribution in [0.25, 0.3) is 0 Å². The van der Waals surface area contributed by atoms with Crippen molar-refractivity contribution in [3.05, 3.63) is 28.8 Å². The summed E-state index contributed by atoms with van der Waals surface area (Å²) in [6, 6.07) is 5.80. The molecule has 0 spiro atoms. The van der Waals surface area contributed by atoms with E-state index in [1.54, 1.807) is 0 Å². The molecule has 0 fully saturated rings. The zero-order valence-electron chi connectivity index (χ0n) is 12.9. The molecule has 20 heavy (non-hydrogen) atoms. The van der Waals surface area contributed by atoms with Gasteiger partial charge in [0.25, 0.3) is 0 Å². The minimum absolute atomic E-state index is 0.00921. The summed E-state index contributed by atoms with van der Waals surface area (Å²) in [4.78, 5) is 0. The van der Waals surface area contributed by atoms with Crippen LogP contribution in [0.15, 0.2) is 18.2 Å². The molecule has 1 aliphatic heterocycles. The van der Waals surface area contributed by atoms with Crippen molar-refractivity contribution in [3.8, 4) is 5.75 Å². The van der Waals surface area contributed by atoms with Crippen molar-refractivity contribution in [1.29, 1.82) is 0 Å². The lowest BCUT2D eigenvalue weighted by atomic mass is 9.77. The van der Waals surface area contributed by atoms with E-state index < -0.39 is 0 Å². The van der Waals surface area contributed by atoms with Gasteiger partial charge in [0.05, 0.1) is 0 Å². The third-order valence-corrected chi connectivity index (χ3v) is 4.09. The van der Waals surface area contributed by atoms with Gasteiger partial charge in [-0.3, -0.25) is 0 Å². The summed E-state index contributed by atoms with van der Waals surface area (Å²) < 4.78 is 6.43. The van der Waals surface area contributed by atoms with Gasteiger partial charge in [0.2, 0.25) is 0 Å². The number of hydrogen-bond acceptors (Lipinski definition) is 2. The summed E-state index contributed by atoms with van der Waals surface area (Å²) in [5.41, 5.74) is 7.31. The van der Waals surface area contributed by atoms with Crippen LogP contribution in [0.4, 0.5) is 0 Å². The topological polar surface area (TPSA) is 35.2 Å². The van der Waals surface area contributed by atoms with E-state index in [-0.39, 0.29) is 11.6 Å². The van der Waals surface area contributed by atoms with E-state index in [1.807, 2.05) is 18.2 Å². The Balaban J connectivity index is 2.34. The highest BCUT2D eigenvalue weighted by Gasteiger charge is 2.40. The van der Waals surface area contributed by atoms with Crippen LogP contribution in [0.2, 0.25) is 5.02 Å². The van der Waals surface area contributed by atoms with Crippen LogP contribution in [-0.2, 0) is 0 Å². The molecule has 1 aromatic rings. The third kappa shape index (κ3) is 3.48. The largest absolute Gasteiger partial charge is 0.487 e. The molecule has 2 nitrogen and oxygen atoms in total. The fraction of sp³-hybridized carbons (Fsp3) is 0.647. The van der Waals surface area contributed by atoms with Crippen molar-refractivity contribution < 1.29 is 4.74 Å². The summed E-state index contributed by atoms with van der Waals surface area (Å²) in [6.45, 7) is 8.98. The molecule has 1 aromatic carbocycles. The Morgan fingerprint density at radius 2 is 1.85 bits per heavy atom. The van der Waals surface area contributed by atoms with Crippen molar-refractivity contribution >= 4 is 11.6 Å². The highest BCUT2D eigenvalue weighted by atomic mass is 35.5. The quantitative estimate of drug-likeness (QED) is 0.852.